The van der Waals surface area contributed by atoms with Crippen LogP contribution in [0.5, 0.6) is 11.5 Å². The molecule has 0 spiro atoms. The van der Waals surface area contributed by atoms with Crippen molar-refractivity contribution in [2.75, 3.05) is 31.8 Å². The summed E-state index contributed by atoms with van der Waals surface area (Å²) >= 11 is 0. The zero-order valence-corrected chi connectivity index (χ0v) is 16.0. The van der Waals surface area contributed by atoms with Gasteiger partial charge < -0.3 is 14.8 Å². The van der Waals surface area contributed by atoms with E-state index in [0.29, 0.717) is 29.3 Å². The van der Waals surface area contributed by atoms with Gasteiger partial charge in [0.1, 0.15) is 0 Å². The third kappa shape index (κ3) is 4.66. The largest absolute Gasteiger partial charge is 0.493 e. The van der Waals surface area contributed by atoms with Crippen molar-refractivity contribution >= 4 is 21.6 Å². The number of carbonyl (C=O) groups excluding carboxylic acids is 1. The van der Waals surface area contributed by atoms with Crippen LogP contribution in [0.15, 0.2) is 42.5 Å². The molecule has 1 N–H and O–H groups in total. The molecule has 26 heavy (non-hydrogen) atoms. The van der Waals surface area contributed by atoms with Crippen molar-refractivity contribution in [1.82, 2.24) is 5.32 Å². The van der Waals surface area contributed by atoms with Gasteiger partial charge in [-0.1, -0.05) is 6.07 Å². The van der Waals surface area contributed by atoms with E-state index in [0.717, 1.165) is 16.1 Å². The highest BCUT2D eigenvalue weighted by Gasteiger charge is 2.13. The highest BCUT2D eigenvalue weighted by molar-refractivity contribution is 7.92. The molecule has 8 heteroatoms. The number of anilines is 1. The van der Waals surface area contributed by atoms with E-state index in [1.165, 1.54) is 7.05 Å². The molecule has 0 saturated heterocycles. The van der Waals surface area contributed by atoms with Crippen LogP contribution < -0.4 is 19.1 Å². The van der Waals surface area contributed by atoms with Crippen molar-refractivity contribution in [3.8, 4) is 11.5 Å². The molecule has 7 nitrogen and oxygen atoms in total. The van der Waals surface area contributed by atoms with Gasteiger partial charge in [-0.2, -0.15) is 0 Å². The fourth-order valence-electron chi connectivity index (χ4n) is 2.29. The number of nitrogens with zero attached hydrogens (tertiary/aromatic N) is 1. The highest BCUT2D eigenvalue weighted by Crippen LogP contribution is 2.27. The van der Waals surface area contributed by atoms with Crippen LogP contribution in [0.25, 0.3) is 0 Å². The Morgan fingerprint density at radius 3 is 2.19 bits per heavy atom. The van der Waals surface area contributed by atoms with E-state index in [1.807, 2.05) is 6.07 Å². The van der Waals surface area contributed by atoms with Crippen molar-refractivity contribution in [2.24, 2.45) is 0 Å². The maximum absolute atomic E-state index is 12.3. The smallest absolute Gasteiger partial charge is 0.251 e. The van der Waals surface area contributed by atoms with Crippen LogP contribution in [-0.4, -0.2) is 41.8 Å². The minimum atomic E-state index is -3.34. The molecule has 0 aromatic heterocycles. The first-order valence-corrected chi connectivity index (χ1v) is 9.64. The standard InChI is InChI=1S/C18H22N2O5S/c1-20(26(4,22)23)15-8-6-14(7-9-15)18(21)19-12-13-5-10-16(24-2)17(11-13)25-3/h5-11H,12H2,1-4H3,(H,19,21). The summed E-state index contributed by atoms with van der Waals surface area (Å²) in [6.07, 6.45) is 1.12. The third-order valence-corrected chi connectivity index (χ3v) is 5.10. The van der Waals surface area contributed by atoms with E-state index in [1.54, 1.807) is 50.6 Å². The molecule has 0 radical (unpaired) electrons. The van der Waals surface area contributed by atoms with Crippen molar-refractivity contribution < 1.29 is 22.7 Å². The maximum Gasteiger partial charge on any atom is 0.251 e. The molecule has 2 aromatic carbocycles. The molecule has 0 unspecified atom stereocenters. The lowest BCUT2D eigenvalue weighted by Crippen LogP contribution is -2.25. The zero-order chi connectivity index (χ0) is 19.3. The van der Waals surface area contributed by atoms with Gasteiger partial charge in [0, 0.05) is 19.2 Å². The molecular weight excluding hydrogens is 356 g/mol. The second-order valence-corrected chi connectivity index (χ2v) is 7.66. The Labute approximate surface area is 153 Å². The highest BCUT2D eigenvalue weighted by atomic mass is 32.2. The molecule has 0 saturated carbocycles. The van der Waals surface area contributed by atoms with E-state index >= 15 is 0 Å². The number of sulfonamides is 1. The van der Waals surface area contributed by atoms with Gasteiger partial charge in [-0.25, -0.2) is 8.42 Å². The molecule has 0 aliphatic heterocycles. The first-order valence-electron chi connectivity index (χ1n) is 7.79. The van der Waals surface area contributed by atoms with Crippen LogP contribution in [0.1, 0.15) is 15.9 Å². The van der Waals surface area contributed by atoms with Crippen molar-refractivity contribution in [3.05, 3.63) is 53.6 Å². The minimum absolute atomic E-state index is 0.256. The first-order chi connectivity index (χ1) is 12.3. The average Bonchev–Trinajstić information content (AvgIpc) is 2.64. The van der Waals surface area contributed by atoms with Crippen LogP contribution in [-0.2, 0) is 16.6 Å². The second kappa shape index (κ2) is 8.09. The summed E-state index contributed by atoms with van der Waals surface area (Å²) in [4.78, 5) is 12.3. The van der Waals surface area contributed by atoms with E-state index in [-0.39, 0.29) is 5.91 Å². The predicted molar refractivity (Wildman–Crippen MR) is 100 cm³/mol. The topological polar surface area (TPSA) is 84.9 Å². The monoisotopic (exact) mass is 378 g/mol. The van der Waals surface area contributed by atoms with Gasteiger partial charge in [-0.15, -0.1) is 0 Å². The number of ether oxygens (including phenoxy) is 2. The fourth-order valence-corrected chi connectivity index (χ4v) is 2.79. The summed E-state index contributed by atoms with van der Waals surface area (Å²) in [6.45, 7) is 0.324. The number of hydrogen-bond donors (Lipinski definition) is 1. The summed E-state index contributed by atoms with van der Waals surface area (Å²) in [6, 6.07) is 11.8. The molecule has 0 aliphatic rings. The number of nitrogens with one attached hydrogen (secondary N) is 1. The average molecular weight is 378 g/mol. The quantitative estimate of drug-likeness (QED) is 0.797. The Kier molecular flexibility index (Phi) is 6.10. The molecule has 0 heterocycles. The second-order valence-electron chi connectivity index (χ2n) is 5.65. The van der Waals surface area contributed by atoms with Crippen LogP contribution in [0.4, 0.5) is 5.69 Å². The third-order valence-electron chi connectivity index (χ3n) is 3.89. The fraction of sp³-hybridized carbons (Fsp3) is 0.278. The summed E-state index contributed by atoms with van der Waals surface area (Å²) < 4.78 is 34.6. The Hall–Kier alpha value is -2.74. The lowest BCUT2D eigenvalue weighted by Gasteiger charge is -2.16. The number of rotatable bonds is 7. The number of amides is 1. The van der Waals surface area contributed by atoms with Gasteiger partial charge in [-0.05, 0) is 42.0 Å². The Balaban J connectivity index is 2.04. The zero-order valence-electron chi connectivity index (χ0n) is 15.1. The molecular formula is C18H22N2O5S. The molecule has 0 aliphatic carbocycles. The molecule has 0 fully saturated rings. The van der Waals surface area contributed by atoms with Gasteiger partial charge in [-0.3, -0.25) is 9.10 Å². The first kappa shape index (κ1) is 19.6. The van der Waals surface area contributed by atoms with Gasteiger partial charge in [0.2, 0.25) is 10.0 Å². The Morgan fingerprint density at radius 1 is 1.04 bits per heavy atom. The normalized spacial score (nSPS) is 10.9. The molecule has 1 amide bonds. The van der Waals surface area contributed by atoms with Gasteiger partial charge in [0.15, 0.2) is 11.5 Å². The van der Waals surface area contributed by atoms with Crippen molar-refractivity contribution in [3.63, 3.8) is 0 Å². The van der Waals surface area contributed by atoms with E-state index in [4.69, 9.17) is 9.47 Å². The van der Waals surface area contributed by atoms with Crippen molar-refractivity contribution in [1.29, 1.82) is 0 Å². The van der Waals surface area contributed by atoms with Crippen molar-refractivity contribution in [2.45, 2.75) is 6.54 Å². The summed E-state index contributed by atoms with van der Waals surface area (Å²) in [5, 5.41) is 2.82. The Bertz CT molecular complexity index is 879. The SMILES string of the molecule is COc1ccc(CNC(=O)c2ccc(N(C)S(C)(=O)=O)cc2)cc1OC. The number of hydrogen-bond acceptors (Lipinski definition) is 5. The van der Waals surface area contributed by atoms with Gasteiger partial charge in [0.25, 0.3) is 5.91 Å². The number of benzene rings is 2. The molecule has 2 rings (SSSR count). The molecule has 140 valence electrons. The van der Waals surface area contributed by atoms with Gasteiger partial charge in [0.05, 0.1) is 26.2 Å². The van der Waals surface area contributed by atoms with E-state index in [9.17, 15) is 13.2 Å². The number of carbonyl (C=O) groups is 1. The minimum Gasteiger partial charge on any atom is -0.493 e. The Morgan fingerprint density at radius 2 is 1.65 bits per heavy atom. The molecule has 2 aromatic rings. The molecule has 0 bridgehead atoms. The summed E-state index contributed by atoms with van der Waals surface area (Å²) in [7, 11) is 1.23. The van der Waals surface area contributed by atoms with E-state index < -0.39 is 10.0 Å². The maximum atomic E-state index is 12.3. The van der Waals surface area contributed by atoms with Crippen LogP contribution >= 0.6 is 0 Å². The number of methoxy groups -OCH3 is 2. The summed E-state index contributed by atoms with van der Waals surface area (Å²) in [5.41, 5.74) is 1.80. The van der Waals surface area contributed by atoms with E-state index in [2.05, 4.69) is 5.32 Å². The summed E-state index contributed by atoms with van der Waals surface area (Å²) in [5.74, 6) is 0.953. The lowest BCUT2D eigenvalue weighted by atomic mass is 10.1. The van der Waals surface area contributed by atoms with Gasteiger partial charge >= 0.3 is 0 Å². The molecule has 0 atom stereocenters. The van der Waals surface area contributed by atoms with Crippen LogP contribution in [0.3, 0.4) is 0 Å². The predicted octanol–water partition coefficient (Wildman–Crippen LogP) is 2.03. The van der Waals surface area contributed by atoms with Crippen LogP contribution in [0, 0.1) is 0 Å². The van der Waals surface area contributed by atoms with Crippen LogP contribution in [0.2, 0.25) is 0 Å². The lowest BCUT2D eigenvalue weighted by molar-refractivity contribution is 0.0951.